The first-order chi connectivity index (χ1) is 10.1. The predicted octanol–water partition coefficient (Wildman–Crippen LogP) is 2.37. The maximum absolute atomic E-state index is 11.7. The zero-order valence-corrected chi connectivity index (χ0v) is 12.2. The van der Waals surface area contributed by atoms with Crippen molar-refractivity contribution in [2.75, 3.05) is 0 Å². The van der Waals surface area contributed by atoms with Crippen LogP contribution in [-0.2, 0) is 24.3 Å². The SMILES string of the molecule is O=C(O)Cc1ccccc1CNC(=O)NCc1ccsc1. The van der Waals surface area contributed by atoms with Gasteiger partial charge in [-0.05, 0) is 33.5 Å². The molecule has 21 heavy (non-hydrogen) atoms. The van der Waals surface area contributed by atoms with E-state index in [2.05, 4.69) is 10.6 Å². The number of rotatable bonds is 6. The fraction of sp³-hybridized carbons (Fsp3) is 0.200. The molecule has 1 aromatic carbocycles. The zero-order chi connectivity index (χ0) is 15.1. The number of carboxylic acids is 1. The van der Waals surface area contributed by atoms with Crippen molar-refractivity contribution in [3.05, 3.63) is 57.8 Å². The minimum Gasteiger partial charge on any atom is -0.481 e. The van der Waals surface area contributed by atoms with Crippen molar-refractivity contribution in [2.45, 2.75) is 19.5 Å². The van der Waals surface area contributed by atoms with Crippen molar-refractivity contribution >= 4 is 23.3 Å². The van der Waals surface area contributed by atoms with Gasteiger partial charge in [0.2, 0.25) is 0 Å². The van der Waals surface area contributed by atoms with Crippen LogP contribution >= 0.6 is 11.3 Å². The second-order valence-corrected chi connectivity index (χ2v) is 5.29. The second kappa shape index (κ2) is 7.44. The summed E-state index contributed by atoms with van der Waals surface area (Å²) in [5, 5.41) is 18.3. The summed E-state index contributed by atoms with van der Waals surface area (Å²) in [5.41, 5.74) is 2.58. The molecule has 0 saturated carbocycles. The largest absolute Gasteiger partial charge is 0.481 e. The highest BCUT2D eigenvalue weighted by Gasteiger charge is 2.07. The Kier molecular flexibility index (Phi) is 5.34. The topological polar surface area (TPSA) is 78.4 Å². The Hall–Kier alpha value is -2.34. The lowest BCUT2D eigenvalue weighted by atomic mass is 10.0. The number of carboxylic acid groups (broad SMARTS) is 1. The molecule has 0 bridgehead atoms. The van der Waals surface area contributed by atoms with Crippen molar-refractivity contribution in [1.82, 2.24) is 10.6 Å². The molecule has 2 rings (SSSR count). The van der Waals surface area contributed by atoms with Gasteiger partial charge in [0.05, 0.1) is 6.42 Å². The highest BCUT2D eigenvalue weighted by molar-refractivity contribution is 7.07. The van der Waals surface area contributed by atoms with E-state index in [1.54, 1.807) is 23.5 Å². The number of carbonyl (C=O) groups excluding carboxylic acids is 1. The van der Waals surface area contributed by atoms with Crippen LogP contribution < -0.4 is 10.6 Å². The molecule has 0 fully saturated rings. The number of urea groups is 1. The van der Waals surface area contributed by atoms with Gasteiger partial charge in [0.1, 0.15) is 0 Å². The van der Waals surface area contributed by atoms with Gasteiger partial charge in [-0.1, -0.05) is 24.3 Å². The van der Waals surface area contributed by atoms with Crippen LogP contribution in [0.2, 0.25) is 0 Å². The molecule has 1 heterocycles. The van der Waals surface area contributed by atoms with E-state index in [0.717, 1.165) is 11.1 Å². The van der Waals surface area contributed by atoms with E-state index < -0.39 is 5.97 Å². The smallest absolute Gasteiger partial charge is 0.315 e. The summed E-state index contributed by atoms with van der Waals surface area (Å²) in [7, 11) is 0. The summed E-state index contributed by atoms with van der Waals surface area (Å²) in [6.07, 6.45) is -0.0472. The molecule has 2 aromatic rings. The quantitative estimate of drug-likeness (QED) is 0.766. The number of hydrogen-bond donors (Lipinski definition) is 3. The number of amides is 2. The number of carbonyl (C=O) groups is 2. The summed E-state index contributed by atoms with van der Waals surface area (Å²) >= 11 is 1.58. The van der Waals surface area contributed by atoms with Gasteiger partial charge in [0, 0.05) is 13.1 Å². The van der Waals surface area contributed by atoms with E-state index in [9.17, 15) is 9.59 Å². The van der Waals surface area contributed by atoms with Gasteiger partial charge in [-0.25, -0.2) is 4.79 Å². The molecule has 110 valence electrons. The predicted molar refractivity (Wildman–Crippen MR) is 81.2 cm³/mol. The van der Waals surface area contributed by atoms with Gasteiger partial charge in [-0.2, -0.15) is 11.3 Å². The van der Waals surface area contributed by atoms with Crippen LogP contribution in [0.5, 0.6) is 0 Å². The lowest BCUT2D eigenvalue weighted by Crippen LogP contribution is -2.34. The highest BCUT2D eigenvalue weighted by Crippen LogP contribution is 2.09. The Morgan fingerprint density at radius 2 is 1.76 bits per heavy atom. The minimum atomic E-state index is -0.885. The first-order valence-corrected chi connectivity index (χ1v) is 7.41. The molecular weight excluding hydrogens is 288 g/mol. The van der Waals surface area contributed by atoms with Gasteiger partial charge in [-0.15, -0.1) is 0 Å². The summed E-state index contributed by atoms with van der Waals surface area (Å²) in [4.78, 5) is 22.5. The van der Waals surface area contributed by atoms with Gasteiger partial charge in [0.25, 0.3) is 0 Å². The second-order valence-electron chi connectivity index (χ2n) is 4.51. The molecule has 1 aromatic heterocycles. The Morgan fingerprint density at radius 3 is 2.43 bits per heavy atom. The molecule has 0 aliphatic heterocycles. The molecule has 0 unspecified atom stereocenters. The van der Waals surface area contributed by atoms with Crippen LogP contribution in [0.25, 0.3) is 0 Å². The van der Waals surface area contributed by atoms with Crippen molar-refractivity contribution in [3.8, 4) is 0 Å². The summed E-state index contributed by atoms with van der Waals surface area (Å²) in [6.45, 7) is 0.783. The van der Waals surface area contributed by atoms with Crippen molar-refractivity contribution in [1.29, 1.82) is 0 Å². The standard InChI is InChI=1S/C15H16N2O3S/c18-14(19)7-12-3-1-2-4-13(12)9-17-15(20)16-8-11-5-6-21-10-11/h1-6,10H,7-9H2,(H,18,19)(H2,16,17,20). The van der Waals surface area contributed by atoms with E-state index in [0.29, 0.717) is 18.7 Å². The molecule has 2 amide bonds. The van der Waals surface area contributed by atoms with Gasteiger partial charge in [0.15, 0.2) is 0 Å². The summed E-state index contributed by atoms with van der Waals surface area (Å²) in [6, 6.07) is 8.87. The molecule has 0 spiro atoms. The Bertz CT molecular complexity index is 611. The maximum Gasteiger partial charge on any atom is 0.315 e. The average Bonchev–Trinajstić information content (AvgIpc) is 2.97. The normalized spacial score (nSPS) is 10.1. The summed E-state index contributed by atoms with van der Waals surface area (Å²) in [5.74, 6) is -0.885. The van der Waals surface area contributed by atoms with E-state index in [1.165, 1.54) is 0 Å². The first kappa shape index (κ1) is 15.1. The first-order valence-electron chi connectivity index (χ1n) is 6.46. The average molecular weight is 304 g/mol. The molecular formula is C15H16N2O3S. The Labute approximate surface area is 126 Å². The Morgan fingerprint density at radius 1 is 1.05 bits per heavy atom. The third kappa shape index (κ3) is 4.92. The van der Waals surface area contributed by atoms with Crippen molar-refractivity contribution in [3.63, 3.8) is 0 Å². The van der Waals surface area contributed by atoms with Crippen LogP contribution in [0.15, 0.2) is 41.1 Å². The van der Waals surface area contributed by atoms with Crippen LogP contribution in [0.4, 0.5) is 4.79 Å². The number of thiophene rings is 1. The number of nitrogens with one attached hydrogen (secondary N) is 2. The van der Waals surface area contributed by atoms with Crippen LogP contribution in [-0.4, -0.2) is 17.1 Å². The Balaban J connectivity index is 1.84. The van der Waals surface area contributed by atoms with E-state index in [-0.39, 0.29) is 12.5 Å². The van der Waals surface area contributed by atoms with Crippen LogP contribution in [0, 0.1) is 0 Å². The summed E-state index contributed by atoms with van der Waals surface area (Å²) < 4.78 is 0. The van der Waals surface area contributed by atoms with Gasteiger partial charge in [-0.3, -0.25) is 4.79 Å². The molecule has 5 nitrogen and oxygen atoms in total. The third-order valence-corrected chi connectivity index (χ3v) is 3.66. The number of benzene rings is 1. The molecule has 3 N–H and O–H groups in total. The third-order valence-electron chi connectivity index (χ3n) is 2.93. The highest BCUT2D eigenvalue weighted by atomic mass is 32.1. The van der Waals surface area contributed by atoms with Crippen molar-refractivity contribution in [2.24, 2.45) is 0 Å². The van der Waals surface area contributed by atoms with Crippen molar-refractivity contribution < 1.29 is 14.7 Å². The zero-order valence-electron chi connectivity index (χ0n) is 11.3. The number of hydrogen-bond acceptors (Lipinski definition) is 3. The fourth-order valence-corrected chi connectivity index (χ4v) is 2.55. The minimum absolute atomic E-state index is 0.0472. The molecule has 0 aliphatic rings. The number of aliphatic carboxylic acids is 1. The molecule has 0 radical (unpaired) electrons. The fourth-order valence-electron chi connectivity index (χ4n) is 1.88. The van der Waals surface area contributed by atoms with Gasteiger partial charge >= 0.3 is 12.0 Å². The van der Waals surface area contributed by atoms with Crippen LogP contribution in [0.3, 0.4) is 0 Å². The molecule has 6 heteroatoms. The molecule has 0 atom stereocenters. The lowest BCUT2D eigenvalue weighted by molar-refractivity contribution is -0.136. The molecule has 0 saturated heterocycles. The lowest BCUT2D eigenvalue weighted by Gasteiger charge is -2.10. The van der Waals surface area contributed by atoms with Crippen LogP contribution in [0.1, 0.15) is 16.7 Å². The maximum atomic E-state index is 11.7. The van der Waals surface area contributed by atoms with E-state index in [1.807, 2.05) is 29.0 Å². The molecule has 0 aliphatic carbocycles. The van der Waals surface area contributed by atoms with E-state index >= 15 is 0 Å². The van der Waals surface area contributed by atoms with E-state index in [4.69, 9.17) is 5.11 Å². The monoisotopic (exact) mass is 304 g/mol. The van der Waals surface area contributed by atoms with Gasteiger partial charge < -0.3 is 15.7 Å².